The van der Waals surface area contributed by atoms with Gasteiger partial charge < -0.3 is 19.3 Å². The van der Waals surface area contributed by atoms with Gasteiger partial charge in [-0.15, -0.1) is 0 Å². The van der Waals surface area contributed by atoms with Crippen LogP contribution in [0.5, 0.6) is 17.2 Å². The largest absolute Gasteiger partial charge is 0.504 e. The van der Waals surface area contributed by atoms with Gasteiger partial charge in [0.25, 0.3) is 5.56 Å². The maximum absolute atomic E-state index is 13.8. The molecule has 1 atom stereocenters. The lowest BCUT2D eigenvalue weighted by Crippen LogP contribution is -2.39. The number of aromatic hydroxyl groups is 1. The molecule has 0 amide bonds. The molecule has 10 heteroatoms. The number of halogens is 1. The van der Waals surface area contributed by atoms with Crippen molar-refractivity contribution in [2.75, 3.05) is 13.7 Å². The first kappa shape index (κ1) is 26.7. The van der Waals surface area contributed by atoms with E-state index in [0.29, 0.717) is 42.0 Å². The number of esters is 1. The molecular weight excluding hydrogens is 560 g/mol. The van der Waals surface area contributed by atoms with Crippen molar-refractivity contribution in [3.8, 4) is 17.2 Å². The maximum Gasteiger partial charge on any atom is 0.338 e. The van der Waals surface area contributed by atoms with Crippen LogP contribution >= 0.6 is 27.3 Å². The molecule has 1 aliphatic heterocycles. The number of benzene rings is 2. The van der Waals surface area contributed by atoms with Gasteiger partial charge in [-0.1, -0.05) is 39.4 Å². The predicted octanol–water partition coefficient (Wildman–Crippen LogP) is 4.06. The molecule has 0 saturated carbocycles. The van der Waals surface area contributed by atoms with E-state index in [2.05, 4.69) is 20.9 Å². The number of rotatable bonds is 7. The van der Waals surface area contributed by atoms with E-state index in [1.54, 1.807) is 32.1 Å². The van der Waals surface area contributed by atoms with Crippen molar-refractivity contribution in [1.82, 2.24) is 4.57 Å². The highest BCUT2D eigenvalue weighted by molar-refractivity contribution is 9.10. The summed E-state index contributed by atoms with van der Waals surface area (Å²) in [7, 11) is 1.45. The van der Waals surface area contributed by atoms with Crippen LogP contribution in [-0.2, 0) is 9.53 Å². The van der Waals surface area contributed by atoms with Gasteiger partial charge in [-0.3, -0.25) is 9.36 Å². The highest BCUT2D eigenvalue weighted by Crippen LogP contribution is 2.34. The van der Waals surface area contributed by atoms with Gasteiger partial charge in [-0.05, 0) is 63.6 Å². The highest BCUT2D eigenvalue weighted by Gasteiger charge is 2.33. The molecule has 0 unspecified atom stereocenters. The van der Waals surface area contributed by atoms with Crippen molar-refractivity contribution in [1.29, 1.82) is 0 Å². The molecule has 0 aliphatic carbocycles. The zero-order valence-electron chi connectivity index (χ0n) is 21.1. The van der Waals surface area contributed by atoms with E-state index in [1.165, 1.54) is 23.0 Å². The number of nitrogens with zero attached hydrogens (tertiary/aromatic N) is 2. The summed E-state index contributed by atoms with van der Waals surface area (Å²) in [5.74, 6) is 0.344. The number of allylic oxidation sites excluding steroid dienone is 1. The number of phenols is 1. The molecule has 1 N–H and O–H groups in total. The van der Waals surface area contributed by atoms with Crippen LogP contribution in [0.15, 0.2) is 61.9 Å². The Bertz CT molecular complexity index is 1550. The molecule has 0 radical (unpaired) electrons. The minimum atomic E-state index is -0.740. The minimum Gasteiger partial charge on any atom is -0.504 e. The quantitative estimate of drug-likeness (QED) is 0.419. The Morgan fingerprint density at radius 3 is 2.59 bits per heavy atom. The SMILES string of the molecule is CCOC(=O)C1=C(C)N=c2sc(=Cc3cc(Br)cc(OC)c3O)c(=O)n2[C@@H]1c1ccc(OC(C)C)cc1. The predicted molar refractivity (Wildman–Crippen MR) is 145 cm³/mol. The standard InChI is InChI=1S/C27H27BrN2O6S/c1-6-35-26(33)22-15(4)29-27-30(23(22)16-7-9-19(10-8-16)36-14(2)3)25(32)21(37-27)12-17-11-18(28)13-20(34-5)24(17)31/h7-14,23,31H,6H2,1-5H3/t23-/m1/s1. The van der Waals surface area contributed by atoms with Crippen LogP contribution in [0.2, 0.25) is 0 Å². The van der Waals surface area contributed by atoms with Crippen molar-refractivity contribution >= 4 is 39.3 Å². The van der Waals surface area contributed by atoms with E-state index in [0.717, 1.165) is 0 Å². The van der Waals surface area contributed by atoms with Gasteiger partial charge in [0.2, 0.25) is 0 Å². The van der Waals surface area contributed by atoms with Crippen LogP contribution in [-0.4, -0.2) is 35.5 Å². The number of carbonyl (C=O) groups excluding carboxylic acids is 1. The molecular formula is C27H27BrN2O6S. The fourth-order valence-electron chi connectivity index (χ4n) is 4.11. The van der Waals surface area contributed by atoms with Crippen LogP contribution < -0.4 is 24.4 Å². The molecule has 0 spiro atoms. The van der Waals surface area contributed by atoms with E-state index in [9.17, 15) is 14.7 Å². The van der Waals surface area contributed by atoms with Crippen LogP contribution in [0.1, 0.15) is 44.9 Å². The first-order chi connectivity index (χ1) is 17.6. The Kier molecular flexibility index (Phi) is 7.89. The molecule has 2 heterocycles. The van der Waals surface area contributed by atoms with E-state index >= 15 is 0 Å². The third-order valence-corrected chi connectivity index (χ3v) is 7.10. The number of methoxy groups -OCH3 is 1. The Labute approximate surface area is 226 Å². The summed E-state index contributed by atoms with van der Waals surface area (Å²) in [4.78, 5) is 31.8. The second kappa shape index (κ2) is 10.9. The lowest BCUT2D eigenvalue weighted by Gasteiger charge is -2.25. The monoisotopic (exact) mass is 586 g/mol. The second-order valence-electron chi connectivity index (χ2n) is 8.58. The van der Waals surface area contributed by atoms with Gasteiger partial charge in [0.15, 0.2) is 16.3 Å². The average molecular weight is 587 g/mol. The summed E-state index contributed by atoms with van der Waals surface area (Å²) in [6, 6.07) is 9.89. The van der Waals surface area contributed by atoms with Gasteiger partial charge >= 0.3 is 5.97 Å². The Morgan fingerprint density at radius 1 is 1.27 bits per heavy atom. The van der Waals surface area contributed by atoms with E-state index in [1.807, 2.05) is 38.1 Å². The maximum atomic E-state index is 13.8. The third kappa shape index (κ3) is 5.35. The van der Waals surface area contributed by atoms with Crippen molar-refractivity contribution in [2.24, 2.45) is 4.99 Å². The summed E-state index contributed by atoms with van der Waals surface area (Å²) in [5, 5.41) is 10.6. The van der Waals surface area contributed by atoms with Gasteiger partial charge in [0.1, 0.15) is 5.75 Å². The Balaban J connectivity index is 1.93. The number of thiazole rings is 1. The first-order valence-corrected chi connectivity index (χ1v) is 13.3. The summed E-state index contributed by atoms with van der Waals surface area (Å²) in [6.45, 7) is 7.54. The van der Waals surface area contributed by atoms with E-state index < -0.39 is 12.0 Å². The molecule has 3 aromatic rings. The molecule has 8 nitrogen and oxygen atoms in total. The molecule has 0 fully saturated rings. The van der Waals surface area contributed by atoms with Gasteiger partial charge in [-0.2, -0.15) is 0 Å². The van der Waals surface area contributed by atoms with Crippen molar-refractivity contribution in [3.05, 3.63) is 83.0 Å². The molecule has 2 aromatic carbocycles. The molecule has 194 valence electrons. The topological polar surface area (TPSA) is 99.4 Å². The fraction of sp³-hybridized carbons (Fsp3) is 0.296. The van der Waals surface area contributed by atoms with Crippen molar-refractivity contribution < 1.29 is 24.1 Å². The number of ether oxygens (including phenoxy) is 3. The number of fused-ring (bicyclic) bond motifs is 1. The van der Waals surface area contributed by atoms with Crippen molar-refractivity contribution in [3.63, 3.8) is 0 Å². The highest BCUT2D eigenvalue weighted by atomic mass is 79.9. The Morgan fingerprint density at radius 2 is 1.97 bits per heavy atom. The van der Waals surface area contributed by atoms with Gasteiger partial charge in [0, 0.05) is 10.0 Å². The third-order valence-electron chi connectivity index (χ3n) is 5.66. The lowest BCUT2D eigenvalue weighted by molar-refractivity contribution is -0.139. The van der Waals surface area contributed by atoms with E-state index in [-0.39, 0.29) is 29.8 Å². The summed E-state index contributed by atoms with van der Waals surface area (Å²) >= 11 is 4.58. The van der Waals surface area contributed by atoms with Crippen LogP contribution in [0.3, 0.4) is 0 Å². The lowest BCUT2D eigenvalue weighted by atomic mass is 9.96. The zero-order chi connectivity index (χ0) is 26.9. The number of phenolic OH excluding ortho intramolecular Hbond substituents is 1. The van der Waals surface area contributed by atoms with Gasteiger partial charge in [-0.25, -0.2) is 9.79 Å². The summed E-state index contributed by atoms with van der Waals surface area (Å²) < 4.78 is 18.9. The fourth-order valence-corrected chi connectivity index (χ4v) is 5.60. The number of hydrogen-bond acceptors (Lipinski definition) is 8. The summed E-state index contributed by atoms with van der Waals surface area (Å²) in [5.41, 5.74) is 1.55. The molecule has 1 aromatic heterocycles. The van der Waals surface area contributed by atoms with Gasteiger partial charge in [0.05, 0.1) is 41.7 Å². The minimum absolute atomic E-state index is 0.00817. The molecule has 0 saturated heterocycles. The number of aromatic nitrogens is 1. The molecule has 0 bridgehead atoms. The number of hydrogen-bond donors (Lipinski definition) is 1. The van der Waals surface area contributed by atoms with E-state index in [4.69, 9.17) is 14.2 Å². The molecule has 1 aliphatic rings. The zero-order valence-corrected chi connectivity index (χ0v) is 23.5. The first-order valence-electron chi connectivity index (χ1n) is 11.7. The Hall–Kier alpha value is -3.37. The molecule has 4 rings (SSSR count). The second-order valence-corrected chi connectivity index (χ2v) is 10.5. The van der Waals surface area contributed by atoms with Crippen LogP contribution in [0.4, 0.5) is 0 Å². The van der Waals surface area contributed by atoms with Crippen molar-refractivity contribution in [2.45, 2.75) is 39.8 Å². The summed E-state index contributed by atoms with van der Waals surface area (Å²) in [6.07, 6.45) is 1.60. The number of carbonyl (C=O) groups is 1. The molecule has 37 heavy (non-hydrogen) atoms. The smallest absolute Gasteiger partial charge is 0.338 e. The van der Waals surface area contributed by atoms with Crippen LogP contribution in [0, 0.1) is 0 Å². The van der Waals surface area contributed by atoms with Crippen LogP contribution in [0.25, 0.3) is 6.08 Å². The average Bonchev–Trinajstić information content (AvgIpc) is 3.14. The normalized spacial score (nSPS) is 15.4.